The Labute approximate surface area is 293 Å². The van der Waals surface area contributed by atoms with E-state index in [1.165, 1.54) is 61.6 Å². The minimum absolute atomic E-state index is 0.0698. The maximum Gasteiger partial charge on any atom is 0.143 e. The van der Waals surface area contributed by atoms with Gasteiger partial charge in [0.15, 0.2) is 0 Å². The van der Waals surface area contributed by atoms with Crippen LogP contribution in [0.5, 0.6) is 0 Å². The summed E-state index contributed by atoms with van der Waals surface area (Å²) in [6.45, 7) is 9.49. The van der Waals surface area contributed by atoms with Crippen LogP contribution in [0.1, 0.15) is 49.9 Å². The first-order valence-electron chi connectivity index (χ1n) is 17.6. The van der Waals surface area contributed by atoms with E-state index in [0.717, 1.165) is 33.1 Å². The molecule has 8 aromatic rings. The van der Waals surface area contributed by atoms with E-state index in [4.69, 9.17) is 4.42 Å². The zero-order valence-corrected chi connectivity index (χ0v) is 28.8. The van der Waals surface area contributed by atoms with Gasteiger partial charge in [-0.15, -0.1) is 0 Å². The number of para-hydroxylation sites is 3. The molecule has 1 aromatic heterocycles. The molecule has 0 bridgehead atoms. The van der Waals surface area contributed by atoms with Crippen molar-refractivity contribution in [3.63, 3.8) is 0 Å². The number of nitrogens with zero attached hydrogens (tertiary/aromatic N) is 1. The summed E-state index contributed by atoms with van der Waals surface area (Å²) >= 11 is 0. The number of fused-ring (bicyclic) bond motifs is 8. The minimum atomic E-state index is -0.145. The van der Waals surface area contributed by atoms with Gasteiger partial charge in [-0.1, -0.05) is 143 Å². The molecule has 0 amide bonds. The van der Waals surface area contributed by atoms with Crippen molar-refractivity contribution in [2.45, 2.75) is 38.5 Å². The first kappa shape index (κ1) is 29.1. The summed E-state index contributed by atoms with van der Waals surface area (Å²) in [6, 6.07) is 55.5. The molecule has 2 aliphatic rings. The van der Waals surface area contributed by atoms with Gasteiger partial charge in [-0.05, 0) is 86.5 Å². The molecule has 0 unspecified atom stereocenters. The van der Waals surface area contributed by atoms with Crippen LogP contribution in [-0.4, -0.2) is 0 Å². The van der Waals surface area contributed by atoms with Gasteiger partial charge in [-0.2, -0.15) is 0 Å². The summed E-state index contributed by atoms with van der Waals surface area (Å²) in [5.41, 5.74) is 18.2. The van der Waals surface area contributed by atoms with Crippen LogP contribution in [0.4, 0.5) is 17.1 Å². The van der Waals surface area contributed by atoms with Crippen molar-refractivity contribution in [1.29, 1.82) is 0 Å². The van der Waals surface area contributed by atoms with Crippen molar-refractivity contribution in [1.82, 2.24) is 0 Å². The van der Waals surface area contributed by atoms with Gasteiger partial charge in [0.05, 0.1) is 11.4 Å². The number of furan rings is 1. The van der Waals surface area contributed by atoms with Gasteiger partial charge in [0.1, 0.15) is 11.2 Å². The SMILES string of the molecule is CC1(C)c2ccccc2-c2cc3c(cc21)N(c1ccc(-c2ccc(-c4cccc5c4oc4ccccc45)cc2)cc1)c1ccccc1C3(C)C. The van der Waals surface area contributed by atoms with Crippen LogP contribution in [0.3, 0.4) is 0 Å². The minimum Gasteiger partial charge on any atom is -0.455 e. The molecular formula is C48H37NO. The molecule has 50 heavy (non-hydrogen) atoms. The van der Waals surface area contributed by atoms with Crippen LogP contribution in [0, 0.1) is 0 Å². The largest absolute Gasteiger partial charge is 0.455 e. The summed E-state index contributed by atoms with van der Waals surface area (Å²) < 4.78 is 6.33. The van der Waals surface area contributed by atoms with Crippen molar-refractivity contribution in [2.75, 3.05) is 4.90 Å². The monoisotopic (exact) mass is 643 g/mol. The van der Waals surface area contributed by atoms with E-state index in [1.807, 2.05) is 12.1 Å². The topological polar surface area (TPSA) is 16.4 Å². The summed E-state index contributed by atoms with van der Waals surface area (Å²) in [5.74, 6) is 0. The van der Waals surface area contributed by atoms with Gasteiger partial charge in [0, 0.05) is 32.9 Å². The molecule has 1 aliphatic heterocycles. The van der Waals surface area contributed by atoms with Crippen LogP contribution in [0.25, 0.3) is 55.3 Å². The maximum atomic E-state index is 6.33. The Morgan fingerprint density at radius 2 is 1.02 bits per heavy atom. The van der Waals surface area contributed by atoms with E-state index in [9.17, 15) is 0 Å². The van der Waals surface area contributed by atoms with Crippen molar-refractivity contribution in [2.24, 2.45) is 0 Å². The molecule has 0 N–H and O–H groups in total. The maximum absolute atomic E-state index is 6.33. The molecule has 0 saturated heterocycles. The summed E-state index contributed by atoms with van der Waals surface area (Å²) in [4.78, 5) is 2.48. The highest BCUT2D eigenvalue weighted by molar-refractivity contribution is 6.09. The Bertz CT molecular complexity index is 2640. The fraction of sp³-hybridized carbons (Fsp3) is 0.125. The molecule has 10 rings (SSSR count). The van der Waals surface area contributed by atoms with Crippen LogP contribution in [0.15, 0.2) is 156 Å². The molecule has 0 radical (unpaired) electrons. The van der Waals surface area contributed by atoms with Crippen LogP contribution in [0.2, 0.25) is 0 Å². The Morgan fingerprint density at radius 3 is 1.82 bits per heavy atom. The average Bonchev–Trinajstić information content (AvgIpc) is 3.64. The molecule has 2 nitrogen and oxygen atoms in total. The van der Waals surface area contributed by atoms with Gasteiger partial charge in [0.25, 0.3) is 0 Å². The standard InChI is InChI=1S/C48H37NO/c1-47(2)39-16-7-5-12-35(39)38-28-42-44(29-41(38)47)49(43-18-9-8-17-40(43)48(42,3)4)33-26-24-31(25-27-33)30-20-22-32(23-21-30)34-14-11-15-37-36-13-6-10-19-45(36)50-46(34)37/h5-29H,1-4H3. The Morgan fingerprint density at radius 1 is 0.420 bits per heavy atom. The first-order valence-corrected chi connectivity index (χ1v) is 17.6. The van der Waals surface area contributed by atoms with E-state index in [2.05, 4.69) is 172 Å². The summed E-state index contributed by atoms with van der Waals surface area (Å²) in [6.07, 6.45) is 0. The third-order valence-corrected chi connectivity index (χ3v) is 11.5. The number of rotatable bonds is 3. The van der Waals surface area contributed by atoms with Crippen molar-refractivity contribution >= 4 is 39.0 Å². The lowest BCUT2D eigenvalue weighted by molar-refractivity contribution is 0.627. The Balaban J connectivity index is 1.05. The molecule has 240 valence electrons. The van der Waals surface area contributed by atoms with E-state index in [-0.39, 0.29) is 10.8 Å². The van der Waals surface area contributed by atoms with Crippen molar-refractivity contribution in [3.05, 3.63) is 174 Å². The van der Waals surface area contributed by atoms with Gasteiger partial charge in [-0.3, -0.25) is 0 Å². The molecule has 2 heterocycles. The fourth-order valence-electron chi connectivity index (χ4n) is 8.79. The lowest BCUT2D eigenvalue weighted by Crippen LogP contribution is -2.31. The summed E-state index contributed by atoms with van der Waals surface area (Å²) in [7, 11) is 0. The molecule has 0 fully saturated rings. The van der Waals surface area contributed by atoms with Gasteiger partial charge in [-0.25, -0.2) is 0 Å². The number of hydrogen-bond donors (Lipinski definition) is 0. The Kier molecular flexibility index (Phi) is 6.01. The van der Waals surface area contributed by atoms with Crippen LogP contribution >= 0.6 is 0 Å². The molecule has 0 spiro atoms. The fourth-order valence-corrected chi connectivity index (χ4v) is 8.79. The van der Waals surface area contributed by atoms with E-state index in [0.29, 0.717) is 0 Å². The highest BCUT2D eigenvalue weighted by Crippen LogP contribution is 2.57. The quantitative estimate of drug-likeness (QED) is 0.190. The van der Waals surface area contributed by atoms with Crippen LogP contribution < -0.4 is 4.90 Å². The summed E-state index contributed by atoms with van der Waals surface area (Å²) in [5, 5.41) is 2.31. The smallest absolute Gasteiger partial charge is 0.143 e. The number of anilines is 3. The van der Waals surface area contributed by atoms with Gasteiger partial charge >= 0.3 is 0 Å². The number of benzene rings is 7. The molecular weight excluding hydrogens is 607 g/mol. The Hall–Kier alpha value is -5.86. The third-order valence-electron chi connectivity index (χ3n) is 11.5. The third kappa shape index (κ3) is 4.02. The molecule has 2 heteroatoms. The second kappa shape index (κ2) is 10.3. The average molecular weight is 644 g/mol. The molecule has 7 aromatic carbocycles. The zero-order valence-electron chi connectivity index (χ0n) is 28.8. The second-order valence-corrected chi connectivity index (χ2v) is 15.0. The highest BCUT2D eigenvalue weighted by Gasteiger charge is 2.42. The molecule has 0 saturated carbocycles. The lowest BCUT2D eigenvalue weighted by atomic mass is 9.72. The van der Waals surface area contributed by atoms with E-state index >= 15 is 0 Å². The van der Waals surface area contributed by atoms with Crippen molar-refractivity contribution in [3.8, 4) is 33.4 Å². The first-order chi connectivity index (χ1) is 24.3. The molecule has 1 aliphatic carbocycles. The molecule has 0 atom stereocenters. The predicted octanol–water partition coefficient (Wildman–Crippen LogP) is 13.3. The van der Waals surface area contributed by atoms with Crippen LogP contribution in [-0.2, 0) is 10.8 Å². The lowest BCUT2D eigenvalue weighted by Gasteiger charge is -2.43. The highest BCUT2D eigenvalue weighted by atomic mass is 16.3. The number of hydrogen-bond acceptors (Lipinski definition) is 2. The van der Waals surface area contributed by atoms with E-state index in [1.54, 1.807) is 0 Å². The van der Waals surface area contributed by atoms with E-state index < -0.39 is 0 Å². The van der Waals surface area contributed by atoms with Gasteiger partial charge in [0.2, 0.25) is 0 Å². The predicted molar refractivity (Wildman–Crippen MR) is 209 cm³/mol. The second-order valence-electron chi connectivity index (χ2n) is 15.0. The zero-order chi connectivity index (χ0) is 33.8. The van der Waals surface area contributed by atoms with Gasteiger partial charge < -0.3 is 9.32 Å². The normalized spacial score (nSPS) is 15.1. The van der Waals surface area contributed by atoms with Crippen molar-refractivity contribution < 1.29 is 4.42 Å².